The van der Waals surface area contributed by atoms with Gasteiger partial charge in [0.15, 0.2) is 0 Å². The summed E-state index contributed by atoms with van der Waals surface area (Å²) in [4.78, 5) is 17.7. The average molecular weight is 337 g/mol. The van der Waals surface area contributed by atoms with E-state index in [0.717, 1.165) is 35.1 Å². The molecule has 0 radical (unpaired) electrons. The molecule has 5 heteroatoms. The highest BCUT2D eigenvalue weighted by molar-refractivity contribution is 5.86. The fraction of sp³-hybridized carbons (Fsp3) is 0.500. The topological polar surface area (TPSA) is 69.1 Å². The number of carbonyl (C=O) groups excluding carboxylic acids is 1. The van der Waals surface area contributed by atoms with Gasteiger partial charge in [0.05, 0.1) is 18.6 Å². The Labute approximate surface area is 147 Å². The van der Waals surface area contributed by atoms with Gasteiger partial charge in [-0.2, -0.15) is 5.26 Å². The molecular weight excluding hydrogens is 314 g/mol. The fourth-order valence-corrected chi connectivity index (χ4v) is 4.09. The van der Waals surface area contributed by atoms with E-state index in [2.05, 4.69) is 11.1 Å². The number of nitrogens with zero attached hydrogens (tertiary/aromatic N) is 2. The van der Waals surface area contributed by atoms with E-state index in [1.54, 1.807) is 7.11 Å². The molecule has 1 aromatic heterocycles. The summed E-state index contributed by atoms with van der Waals surface area (Å²) >= 11 is 0. The lowest BCUT2D eigenvalue weighted by atomic mass is 9.73. The molecule has 25 heavy (non-hydrogen) atoms. The minimum Gasteiger partial charge on any atom is -0.497 e. The molecule has 0 spiro atoms. The zero-order chi connectivity index (χ0) is 17.4. The number of hydrogen-bond acceptors (Lipinski definition) is 3. The van der Waals surface area contributed by atoms with E-state index in [9.17, 15) is 10.1 Å². The first-order chi connectivity index (χ1) is 12.2. The quantitative estimate of drug-likeness (QED) is 0.934. The predicted molar refractivity (Wildman–Crippen MR) is 95.3 cm³/mol. The molecule has 130 valence electrons. The van der Waals surface area contributed by atoms with Crippen molar-refractivity contribution < 1.29 is 9.53 Å². The van der Waals surface area contributed by atoms with E-state index < -0.39 is 5.41 Å². The molecule has 0 atom stereocenters. The molecule has 1 N–H and O–H groups in total. The van der Waals surface area contributed by atoms with Crippen LogP contribution in [-0.4, -0.2) is 36.0 Å². The number of rotatable bonds is 3. The third-order valence-corrected chi connectivity index (χ3v) is 6.00. The Morgan fingerprint density at radius 3 is 2.72 bits per heavy atom. The number of hydrogen-bond donors (Lipinski definition) is 1. The average Bonchev–Trinajstić information content (AvgIpc) is 3.03. The van der Waals surface area contributed by atoms with Crippen molar-refractivity contribution in [2.75, 3.05) is 20.2 Å². The Kier molecular flexibility index (Phi) is 3.91. The lowest BCUT2D eigenvalue weighted by Crippen LogP contribution is -2.47. The number of benzene rings is 1. The van der Waals surface area contributed by atoms with Crippen molar-refractivity contribution in [1.82, 2.24) is 9.88 Å². The normalized spacial score (nSPS) is 20.1. The summed E-state index contributed by atoms with van der Waals surface area (Å²) in [5.74, 6) is 1.32. The molecule has 1 aliphatic carbocycles. The zero-order valence-electron chi connectivity index (χ0n) is 14.5. The van der Waals surface area contributed by atoms with E-state index in [-0.39, 0.29) is 5.92 Å². The van der Waals surface area contributed by atoms with Gasteiger partial charge in [-0.1, -0.05) is 6.42 Å². The maximum atomic E-state index is 12.5. The number of nitrogens with one attached hydrogen (secondary N) is 1. The van der Waals surface area contributed by atoms with Crippen LogP contribution in [0, 0.1) is 17.2 Å². The molecule has 0 bridgehead atoms. The molecule has 2 aromatic rings. The number of aromatic amines is 1. The van der Waals surface area contributed by atoms with Gasteiger partial charge in [0, 0.05) is 42.2 Å². The summed E-state index contributed by atoms with van der Waals surface area (Å²) in [6.07, 6.45) is 6.58. The monoisotopic (exact) mass is 337 g/mol. The number of aromatic nitrogens is 1. The molecular formula is C20H23N3O2. The summed E-state index contributed by atoms with van der Waals surface area (Å²) in [6, 6.07) is 8.47. The second-order valence-electron chi connectivity index (χ2n) is 7.26. The van der Waals surface area contributed by atoms with Crippen molar-refractivity contribution in [2.45, 2.75) is 37.5 Å². The van der Waals surface area contributed by atoms with Crippen molar-refractivity contribution >= 4 is 16.8 Å². The molecule has 1 amide bonds. The molecule has 0 unspecified atom stereocenters. The Morgan fingerprint density at radius 2 is 2.12 bits per heavy atom. The van der Waals surface area contributed by atoms with Crippen LogP contribution >= 0.6 is 0 Å². The van der Waals surface area contributed by atoms with Crippen molar-refractivity contribution in [1.29, 1.82) is 5.26 Å². The predicted octanol–water partition coefficient (Wildman–Crippen LogP) is 3.36. The Hall–Kier alpha value is -2.48. The number of likely N-dealkylation sites (tertiary alicyclic amines) is 1. The van der Waals surface area contributed by atoms with E-state index in [0.29, 0.717) is 31.8 Å². The molecule has 2 aliphatic rings. The Bertz CT molecular complexity index is 836. The van der Waals surface area contributed by atoms with Crippen LogP contribution in [0.25, 0.3) is 10.9 Å². The fourth-order valence-electron chi connectivity index (χ4n) is 4.09. The first-order valence-electron chi connectivity index (χ1n) is 9.02. The lowest BCUT2D eigenvalue weighted by molar-refractivity contribution is -0.139. The molecule has 1 aromatic carbocycles. The molecule has 1 saturated carbocycles. The Balaban J connectivity index is 1.58. The highest BCUT2D eigenvalue weighted by Crippen LogP contribution is 2.40. The van der Waals surface area contributed by atoms with Gasteiger partial charge in [-0.3, -0.25) is 4.79 Å². The van der Waals surface area contributed by atoms with Crippen molar-refractivity contribution in [3.63, 3.8) is 0 Å². The summed E-state index contributed by atoms with van der Waals surface area (Å²) in [5.41, 5.74) is 1.50. The van der Waals surface area contributed by atoms with Crippen LogP contribution < -0.4 is 4.74 Å². The number of nitriles is 1. The number of fused-ring (bicyclic) bond motifs is 1. The molecule has 4 rings (SSSR count). The maximum absolute atomic E-state index is 12.5. The van der Waals surface area contributed by atoms with E-state index >= 15 is 0 Å². The summed E-state index contributed by atoms with van der Waals surface area (Å²) < 4.78 is 5.28. The second-order valence-corrected chi connectivity index (χ2v) is 7.26. The summed E-state index contributed by atoms with van der Waals surface area (Å²) in [7, 11) is 1.65. The minimum atomic E-state index is -0.525. The second kappa shape index (κ2) is 6.11. The van der Waals surface area contributed by atoms with Gasteiger partial charge in [0.2, 0.25) is 5.91 Å². The zero-order valence-corrected chi connectivity index (χ0v) is 14.5. The van der Waals surface area contributed by atoms with E-state index in [1.165, 1.54) is 6.42 Å². The SMILES string of the molecule is COc1ccc2c(C3(C#N)CCN(C(=O)C4CCC4)CC3)c[nH]c2c1. The van der Waals surface area contributed by atoms with Crippen LogP contribution in [0.2, 0.25) is 0 Å². The molecule has 1 aliphatic heterocycles. The van der Waals surface area contributed by atoms with Crippen LogP contribution in [0.15, 0.2) is 24.4 Å². The largest absolute Gasteiger partial charge is 0.497 e. The van der Waals surface area contributed by atoms with E-state index in [1.807, 2.05) is 29.3 Å². The van der Waals surface area contributed by atoms with Crippen molar-refractivity contribution in [3.8, 4) is 11.8 Å². The van der Waals surface area contributed by atoms with Crippen LogP contribution in [0.5, 0.6) is 5.75 Å². The van der Waals surface area contributed by atoms with Gasteiger partial charge in [0.25, 0.3) is 0 Å². The lowest BCUT2D eigenvalue weighted by Gasteiger charge is -2.40. The number of methoxy groups -OCH3 is 1. The van der Waals surface area contributed by atoms with Gasteiger partial charge < -0.3 is 14.6 Å². The van der Waals surface area contributed by atoms with Gasteiger partial charge in [0.1, 0.15) is 5.75 Å². The number of H-pyrrole nitrogens is 1. The third-order valence-electron chi connectivity index (χ3n) is 6.00. The molecule has 2 fully saturated rings. The summed E-state index contributed by atoms with van der Waals surface area (Å²) in [5, 5.41) is 11.0. The van der Waals surface area contributed by atoms with E-state index in [4.69, 9.17) is 4.74 Å². The van der Waals surface area contributed by atoms with Crippen LogP contribution in [0.4, 0.5) is 0 Å². The number of piperidine rings is 1. The number of carbonyl (C=O) groups is 1. The first kappa shape index (κ1) is 16.0. The smallest absolute Gasteiger partial charge is 0.225 e. The third kappa shape index (κ3) is 2.57. The van der Waals surface area contributed by atoms with Crippen molar-refractivity contribution in [2.24, 2.45) is 5.92 Å². The van der Waals surface area contributed by atoms with Gasteiger partial charge in [-0.15, -0.1) is 0 Å². The highest BCUT2D eigenvalue weighted by Gasteiger charge is 2.41. The number of amides is 1. The van der Waals surface area contributed by atoms with Crippen LogP contribution in [0.1, 0.15) is 37.7 Å². The van der Waals surface area contributed by atoms with Crippen LogP contribution in [-0.2, 0) is 10.2 Å². The maximum Gasteiger partial charge on any atom is 0.225 e. The minimum absolute atomic E-state index is 0.232. The number of ether oxygens (including phenoxy) is 1. The molecule has 2 heterocycles. The first-order valence-corrected chi connectivity index (χ1v) is 9.02. The van der Waals surface area contributed by atoms with Crippen LogP contribution in [0.3, 0.4) is 0 Å². The standard InChI is InChI=1S/C20H23N3O2/c1-25-15-5-6-16-17(12-22-18(16)11-15)20(13-21)7-9-23(10-8-20)19(24)14-3-2-4-14/h5-6,11-12,14,22H,2-4,7-10H2,1H3. The molecule has 1 saturated heterocycles. The molecule has 5 nitrogen and oxygen atoms in total. The summed E-state index contributed by atoms with van der Waals surface area (Å²) in [6.45, 7) is 1.34. The van der Waals surface area contributed by atoms with Gasteiger partial charge in [-0.25, -0.2) is 0 Å². The van der Waals surface area contributed by atoms with Gasteiger partial charge >= 0.3 is 0 Å². The van der Waals surface area contributed by atoms with Gasteiger partial charge in [-0.05, 0) is 43.4 Å². The Morgan fingerprint density at radius 1 is 1.36 bits per heavy atom. The van der Waals surface area contributed by atoms with Crippen molar-refractivity contribution in [3.05, 3.63) is 30.0 Å². The highest BCUT2D eigenvalue weighted by atomic mass is 16.5.